The number of fused-ring (bicyclic) bond motifs is 4. The van der Waals surface area contributed by atoms with Gasteiger partial charge in [0.15, 0.2) is 0 Å². The average Bonchev–Trinajstić information content (AvgIpc) is 3.78. The van der Waals surface area contributed by atoms with Crippen LogP contribution in [0, 0.1) is 25.2 Å². The van der Waals surface area contributed by atoms with Gasteiger partial charge < -0.3 is 20.8 Å². The first-order valence-electron chi connectivity index (χ1n) is 12.0. The smallest absolute Gasteiger partial charge is 0.219 e. The number of pyridine rings is 1. The molecule has 0 aliphatic carbocycles. The second-order valence-electron chi connectivity index (χ2n) is 8.06. The summed E-state index contributed by atoms with van der Waals surface area (Å²) in [7, 11) is 0. The van der Waals surface area contributed by atoms with Crippen molar-refractivity contribution in [3.63, 3.8) is 0 Å². The molecule has 5 heterocycles. The van der Waals surface area contributed by atoms with Gasteiger partial charge in [0, 0.05) is 6.20 Å². The molecular weight excluding hydrogens is 776 g/mol. The molecule has 5 N–H and O–H groups in total. The van der Waals surface area contributed by atoms with E-state index in [-0.39, 0.29) is 4.85 Å². The van der Waals surface area contributed by atoms with Gasteiger partial charge in [-0.3, -0.25) is 4.79 Å². The van der Waals surface area contributed by atoms with E-state index in [1.807, 2.05) is 24.3 Å². The van der Waals surface area contributed by atoms with Crippen molar-refractivity contribution in [1.29, 1.82) is 0 Å². The third-order valence-electron chi connectivity index (χ3n) is 5.41. The van der Waals surface area contributed by atoms with Crippen molar-refractivity contribution < 1.29 is 49.2 Å². The largest absolute Gasteiger partial charge is 0.410 e. The number of hydrogen-bond donors (Lipinski definition) is 5. The first-order valence-corrected chi connectivity index (χ1v) is 13.3. The zero-order valence-electron chi connectivity index (χ0n) is 22.0. The maximum Gasteiger partial charge on any atom is 0.219 e. The van der Waals surface area contributed by atoms with Crippen LogP contribution in [0.5, 0.6) is 0 Å². The number of hydrogen-bond acceptors (Lipinski definition) is 15. The summed E-state index contributed by atoms with van der Waals surface area (Å²) in [5.41, 5.74) is 3.54. The Morgan fingerprint density at radius 2 is 0.932 bits per heavy atom. The van der Waals surface area contributed by atoms with Gasteiger partial charge in [-0.25, -0.2) is 4.98 Å². The molecule has 0 unspecified atom stereocenters. The molecule has 44 heavy (non-hydrogen) atoms. The van der Waals surface area contributed by atoms with Crippen molar-refractivity contribution in [2.24, 2.45) is 0 Å². The molecule has 0 atom stereocenters. The van der Waals surface area contributed by atoms with Crippen molar-refractivity contribution in [1.82, 2.24) is 65.6 Å². The Balaban J connectivity index is 0.000000132. The third-order valence-corrected chi connectivity index (χ3v) is 5.41. The van der Waals surface area contributed by atoms with Gasteiger partial charge in [0.05, 0.1) is 5.39 Å². The molecule has 8 aromatic rings. The number of nitrogens with zero attached hydrogens (tertiary/aromatic N) is 13. The van der Waals surface area contributed by atoms with Crippen LogP contribution >= 0.6 is 0 Å². The van der Waals surface area contributed by atoms with E-state index in [9.17, 15) is 4.79 Å². The van der Waals surface area contributed by atoms with Crippen molar-refractivity contribution in [2.45, 2.75) is 0 Å². The van der Waals surface area contributed by atoms with Crippen LogP contribution in [0.1, 0.15) is 0 Å². The Hall–Kier alpha value is -5.88. The van der Waals surface area contributed by atoms with E-state index in [1.165, 1.54) is 0 Å². The average molecular weight is 797 g/mol. The van der Waals surface area contributed by atoms with E-state index < -0.39 is 5.56 Å². The monoisotopic (exact) mass is 796 g/mol. The van der Waals surface area contributed by atoms with Crippen LogP contribution in [0.2, 0.25) is 0 Å². The van der Waals surface area contributed by atoms with Crippen molar-refractivity contribution in [2.75, 3.05) is 0 Å². The van der Waals surface area contributed by atoms with E-state index in [4.69, 9.17) is 24.0 Å². The second-order valence-corrected chi connectivity index (χ2v) is 8.06. The van der Waals surface area contributed by atoms with Crippen LogP contribution in [-0.2, 0) is 0 Å². The predicted octanol–water partition coefficient (Wildman–Crippen LogP) is 0.873. The first-order chi connectivity index (χ1) is 21.4. The summed E-state index contributed by atoms with van der Waals surface area (Å²) < 4.78 is 7.06. The maximum atomic E-state index is 11.1. The number of rotatable bonds is 0. The molecule has 0 saturated heterocycles. The summed E-state index contributed by atoms with van der Waals surface area (Å²) in [4.78, 5) is 17.4. The van der Waals surface area contributed by atoms with E-state index in [2.05, 4.69) is 46.2 Å². The van der Waals surface area contributed by atoms with E-state index >= 15 is 0 Å². The van der Waals surface area contributed by atoms with Crippen LogP contribution in [0.4, 0.5) is 0 Å². The molecule has 0 saturated carbocycles. The van der Waals surface area contributed by atoms with Crippen LogP contribution in [-0.4, -0.2) is 89.6 Å². The topological polar surface area (TPSA) is 254 Å². The van der Waals surface area contributed by atoms with Crippen molar-refractivity contribution >= 4 is 44.1 Å². The number of para-hydroxylation sites is 2. The minimum absolute atomic E-state index is 0.225. The molecule has 20 heteroatoms. The number of aromatic nitrogens is 13. The fourth-order valence-corrected chi connectivity index (χ4v) is 3.45. The molecule has 3 aromatic carbocycles. The summed E-state index contributed by atoms with van der Waals surface area (Å²) in [6, 6.07) is 24.5. The minimum atomic E-state index is -0.555. The fraction of sp³-hybridized carbons (Fsp3) is 0. The van der Waals surface area contributed by atoms with Crippen molar-refractivity contribution in [3.8, 4) is 0 Å². The summed E-state index contributed by atoms with van der Waals surface area (Å²) in [6.07, 6.45) is 1.57. The van der Waals surface area contributed by atoms with Crippen LogP contribution in [0.25, 0.3) is 44.1 Å². The van der Waals surface area contributed by atoms with Crippen molar-refractivity contribution in [3.05, 3.63) is 101 Å². The van der Waals surface area contributed by atoms with Gasteiger partial charge in [-0.15, -0.1) is 20.4 Å². The standard InChI is InChI=1S/C7H5N3O2.2C6H5N3O.C5H4N4O.AtHO/c11-7-5-3-1-2-4-6(5)8-9-10(7)12;2*10-9-6-4-2-1-3-5(6)7-8-9;10-9-5-4(7-8-9)2-1-3-6-5;1-2/h1-4,12H;2*1-4,10H;1-3,10H;2H. The normalized spacial score (nSPS) is 10.0. The molecule has 0 fully saturated rings. The van der Waals surface area contributed by atoms with E-state index in [0.717, 1.165) is 34.8 Å². The predicted molar refractivity (Wildman–Crippen MR) is 145 cm³/mol. The Labute approximate surface area is 259 Å². The molecule has 0 amide bonds. The summed E-state index contributed by atoms with van der Waals surface area (Å²) >= 11 is 0.722. The molecule has 19 nitrogen and oxygen atoms in total. The zero-order valence-corrected chi connectivity index (χ0v) is 24.9. The van der Waals surface area contributed by atoms with Gasteiger partial charge in [-0.1, -0.05) is 50.9 Å². The van der Waals surface area contributed by atoms with Gasteiger partial charge in [0.1, 0.15) is 33.1 Å². The summed E-state index contributed by atoms with van der Waals surface area (Å²) in [6.45, 7) is 0. The van der Waals surface area contributed by atoms with Gasteiger partial charge >= 0.3 is 33.9 Å². The van der Waals surface area contributed by atoms with Gasteiger partial charge in [0.2, 0.25) is 5.65 Å². The molecular formula is C24H20AtN13O6. The Bertz CT molecular complexity index is 1990. The molecule has 0 aliphatic heterocycles. The van der Waals surface area contributed by atoms with Gasteiger partial charge in [0.25, 0.3) is 0 Å². The molecule has 0 radical (unpaired) electrons. The maximum absolute atomic E-state index is 11.1. The third kappa shape index (κ3) is 7.30. The molecule has 5 aromatic heterocycles. The fourth-order valence-electron chi connectivity index (χ4n) is 3.45. The quantitative estimate of drug-likeness (QED) is 0.134. The molecule has 0 bridgehead atoms. The Kier molecular flexibility index (Phi) is 10.5. The SMILES string of the molecule is O=c1c2ccccc2nnn1O.O[At].On1nnc2ccccc21.On1nnc2ccccc21.On1nnc2cccnc21. The first kappa shape index (κ1) is 31.1. The summed E-state index contributed by atoms with van der Waals surface area (Å²) in [5, 5.41) is 64.0. The number of benzene rings is 3. The zero-order chi connectivity index (χ0) is 31.5. The van der Waals surface area contributed by atoms with Crippen LogP contribution in [0.3, 0.4) is 0 Å². The molecule has 224 valence electrons. The van der Waals surface area contributed by atoms with Gasteiger partial charge in [-0.2, -0.15) is 0 Å². The van der Waals surface area contributed by atoms with E-state index in [1.54, 1.807) is 66.9 Å². The van der Waals surface area contributed by atoms with Crippen LogP contribution < -0.4 is 5.56 Å². The van der Waals surface area contributed by atoms with Gasteiger partial charge in [-0.05, 0) is 74.2 Å². The Morgan fingerprint density at radius 3 is 1.50 bits per heavy atom. The Morgan fingerprint density at radius 1 is 0.500 bits per heavy atom. The van der Waals surface area contributed by atoms with Crippen LogP contribution in [0.15, 0.2) is 95.9 Å². The molecule has 0 aliphatic rings. The summed E-state index contributed by atoms with van der Waals surface area (Å²) in [5.74, 6) is 0. The van der Waals surface area contributed by atoms with E-state index in [0.29, 0.717) is 49.0 Å². The molecule has 8 rings (SSSR count). The minimum Gasteiger partial charge on any atom is -0.410 e. The second kappa shape index (κ2) is 14.8. The molecule has 0 spiro atoms.